The minimum Gasteiger partial charge on any atom is -0.396 e. The van der Waals surface area contributed by atoms with Gasteiger partial charge in [0.2, 0.25) is 0 Å². The first-order chi connectivity index (χ1) is 11.8. The molecule has 0 radical (unpaired) electrons. The lowest BCUT2D eigenvalue weighted by atomic mass is 10.1. The number of nitrogens with zero attached hydrogens (tertiary/aromatic N) is 2. The van der Waals surface area contributed by atoms with Gasteiger partial charge in [0.1, 0.15) is 5.82 Å². The number of imidazole rings is 1. The van der Waals surface area contributed by atoms with Gasteiger partial charge in [-0.05, 0) is 41.0 Å². The van der Waals surface area contributed by atoms with Crippen molar-refractivity contribution in [2.24, 2.45) is 0 Å². The predicted octanol–water partition coefficient (Wildman–Crippen LogP) is 4.16. The summed E-state index contributed by atoms with van der Waals surface area (Å²) in [5.74, 6) is 1.04. The molecule has 4 rings (SSSR count). The second kappa shape index (κ2) is 6.46. The van der Waals surface area contributed by atoms with E-state index in [9.17, 15) is 0 Å². The lowest BCUT2D eigenvalue weighted by Crippen LogP contribution is -2.06. The van der Waals surface area contributed by atoms with Crippen molar-refractivity contribution in [3.05, 3.63) is 78.1 Å². The summed E-state index contributed by atoms with van der Waals surface area (Å²) in [6, 6.07) is 23.3. The monoisotopic (exact) mass is 316 g/mol. The number of aryl methyl sites for hydroxylation is 1. The summed E-state index contributed by atoms with van der Waals surface area (Å²) in [5.41, 5.74) is 3.44. The summed E-state index contributed by atoms with van der Waals surface area (Å²) >= 11 is 0. The van der Waals surface area contributed by atoms with E-state index in [1.165, 1.54) is 16.3 Å². The predicted molar refractivity (Wildman–Crippen MR) is 98.2 cm³/mol. The van der Waals surface area contributed by atoms with E-state index in [1.807, 2.05) is 6.07 Å². The highest BCUT2D eigenvalue weighted by Gasteiger charge is 2.10. The topological polar surface area (TPSA) is 38.1 Å². The van der Waals surface area contributed by atoms with E-state index in [0.29, 0.717) is 0 Å². The highest BCUT2D eigenvalue weighted by atomic mass is 16.2. The molecule has 0 saturated heterocycles. The molecule has 0 fully saturated rings. The van der Waals surface area contributed by atoms with Gasteiger partial charge in [-0.3, -0.25) is 0 Å². The summed E-state index contributed by atoms with van der Waals surface area (Å²) in [7, 11) is 0. The average molecular weight is 316 g/mol. The van der Waals surface area contributed by atoms with Crippen LogP contribution >= 0.6 is 0 Å². The Hall–Kier alpha value is -2.65. The van der Waals surface area contributed by atoms with Crippen molar-refractivity contribution in [3.8, 4) is 0 Å². The van der Waals surface area contributed by atoms with Gasteiger partial charge in [-0.15, -0.1) is 0 Å². The summed E-state index contributed by atoms with van der Waals surface area (Å²) in [5, 5.41) is 11.7. The molecular formula is C21H20N2O. The fraction of sp³-hybridized carbons (Fsp3) is 0.190. The zero-order chi connectivity index (χ0) is 16.4. The molecule has 3 nitrogen and oxygen atoms in total. The highest BCUT2D eigenvalue weighted by Crippen LogP contribution is 2.21. The molecule has 1 heterocycles. The molecule has 0 amide bonds. The molecule has 1 aromatic heterocycles. The Labute approximate surface area is 141 Å². The number of aliphatic hydroxyl groups excluding tert-OH is 1. The third-order valence-corrected chi connectivity index (χ3v) is 4.45. The Kier molecular flexibility index (Phi) is 4.01. The van der Waals surface area contributed by atoms with Gasteiger partial charge in [0.15, 0.2) is 0 Å². The maximum absolute atomic E-state index is 9.16. The maximum atomic E-state index is 9.16. The van der Waals surface area contributed by atoms with Crippen LogP contribution in [0.4, 0.5) is 0 Å². The highest BCUT2D eigenvalue weighted by molar-refractivity contribution is 5.83. The molecule has 3 aromatic carbocycles. The molecule has 24 heavy (non-hydrogen) atoms. The van der Waals surface area contributed by atoms with Crippen LogP contribution in [0.2, 0.25) is 0 Å². The third-order valence-electron chi connectivity index (χ3n) is 4.45. The van der Waals surface area contributed by atoms with Crippen molar-refractivity contribution >= 4 is 21.8 Å². The van der Waals surface area contributed by atoms with Crippen LogP contribution in [-0.2, 0) is 13.0 Å². The van der Waals surface area contributed by atoms with Crippen LogP contribution < -0.4 is 0 Å². The Morgan fingerprint density at radius 3 is 2.54 bits per heavy atom. The maximum Gasteiger partial charge on any atom is 0.110 e. The van der Waals surface area contributed by atoms with Gasteiger partial charge in [-0.25, -0.2) is 4.98 Å². The molecule has 0 atom stereocenters. The van der Waals surface area contributed by atoms with Crippen molar-refractivity contribution in [1.82, 2.24) is 9.55 Å². The number of rotatable bonds is 5. The number of fused-ring (bicyclic) bond motifs is 2. The Balaban J connectivity index is 1.76. The van der Waals surface area contributed by atoms with E-state index in [2.05, 4.69) is 65.2 Å². The largest absolute Gasteiger partial charge is 0.396 e. The first-order valence-electron chi connectivity index (χ1n) is 8.38. The second-order valence-corrected chi connectivity index (χ2v) is 6.11. The number of hydrogen-bond acceptors (Lipinski definition) is 2. The van der Waals surface area contributed by atoms with E-state index < -0.39 is 0 Å². The van der Waals surface area contributed by atoms with Gasteiger partial charge in [-0.2, -0.15) is 0 Å². The minimum atomic E-state index is 0.194. The van der Waals surface area contributed by atoms with Crippen LogP contribution in [0, 0.1) is 0 Å². The Morgan fingerprint density at radius 2 is 1.67 bits per heavy atom. The van der Waals surface area contributed by atoms with E-state index in [1.54, 1.807) is 0 Å². The van der Waals surface area contributed by atoms with Crippen molar-refractivity contribution < 1.29 is 5.11 Å². The zero-order valence-corrected chi connectivity index (χ0v) is 13.5. The number of hydrogen-bond donors (Lipinski definition) is 1. The standard InChI is InChI=1S/C21H20N2O/c24-13-5-10-21-22-19-8-3-4-9-20(19)23(21)15-16-11-12-17-6-1-2-7-18(17)14-16/h1-4,6-9,11-12,14,24H,5,10,13,15H2. The fourth-order valence-corrected chi connectivity index (χ4v) is 3.25. The molecule has 0 aliphatic carbocycles. The molecule has 1 N–H and O–H groups in total. The lowest BCUT2D eigenvalue weighted by molar-refractivity contribution is 0.287. The average Bonchev–Trinajstić information content (AvgIpc) is 2.97. The molecule has 0 unspecified atom stereocenters. The van der Waals surface area contributed by atoms with Crippen LogP contribution in [0.5, 0.6) is 0 Å². The van der Waals surface area contributed by atoms with Gasteiger partial charge >= 0.3 is 0 Å². The summed E-state index contributed by atoms with van der Waals surface area (Å²) in [4.78, 5) is 4.76. The van der Waals surface area contributed by atoms with E-state index >= 15 is 0 Å². The third kappa shape index (κ3) is 2.79. The first kappa shape index (κ1) is 14.9. The molecule has 0 bridgehead atoms. The molecule has 0 aliphatic heterocycles. The molecule has 120 valence electrons. The first-order valence-corrected chi connectivity index (χ1v) is 8.38. The number of aliphatic hydroxyl groups is 1. The van der Waals surface area contributed by atoms with Crippen molar-refractivity contribution in [3.63, 3.8) is 0 Å². The number of para-hydroxylation sites is 2. The smallest absolute Gasteiger partial charge is 0.110 e. The van der Waals surface area contributed by atoms with Crippen LogP contribution in [0.1, 0.15) is 17.8 Å². The van der Waals surface area contributed by atoms with Gasteiger partial charge in [-0.1, -0.05) is 48.5 Å². The molecular weight excluding hydrogens is 296 g/mol. The lowest BCUT2D eigenvalue weighted by Gasteiger charge is -2.10. The SMILES string of the molecule is OCCCc1nc2ccccc2n1Cc1ccc2ccccc2c1. The Bertz CT molecular complexity index is 987. The summed E-state index contributed by atoms with van der Waals surface area (Å²) in [6.07, 6.45) is 1.53. The normalized spacial score (nSPS) is 11.4. The second-order valence-electron chi connectivity index (χ2n) is 6.11. The van der Waals surface area contributed by atoms with Crippen LogP contribution in [0.25, 0.3) is 21.8 Å². The Morgan fingerprint density at radius 1 is 0.875 bits per heavy atom. The summed E-state index contributed by atoms with van der Waals surface area (Å²) in [6.45, 7) is 0.991. The molecule has 3 heteroatoms. The van der Waals surface area contributed by atoms with Gasteiger partial charge in [0.25, 0.3) is 0 Å². The van der Waals surface area contributed by atoms with Crippen LogP contribution in [0.15, 0.2) is 66.7 Å². The quantitative estimate of drug-likeness (QED) is 0.600. The van der Waals surface area contributed by atoms with E-state index in [4.69, 9.17) is 10.1 Å². The van der Waals surface area contributed by atoms with E-state index in [0.717, 1.165) is 36.2 Å². The number of aromatic nitrogens is 2. The molecule has 0 saturated carbocycles. The zero-order valence-electron chi connectivity index (χ0n) is 13.5. The number of benzene rings is 3. The van der Waals surface area contributed by atoms with Crippen LogP contribution in [-0.4, -0.2) is 21.3 Å². The van der Waals surface area contributed by atoms with E-state index in [-0.39, 0.29) is 6.61 Å². The fourth-order valence-electron chi connectivity index (χ4n) is 3.25. The van der Waals surface area contributed by atoms with Crippen LogP contribution in [0.3, 0.4) is 0 Å². The summed E-state index contributed by atoms with van der Waals surface area (Å²) < 4.78 is 2.27. The van der Waals surface area contributed by atoms with Crippen molar-refractivity contribution in [2.45, 2.75) is 19.4 Å². The van der Waals surface area contributed by atoms with Crippen molar-refractivity contribution in [2.75, 3.05) is 6.61 Å². The van der Waals surface area contributed by atoms with Crippen molar-refractivity contribution in [1.29, 1.82) is 0 Å². The van der Waals surface area contributed by atoms with Gasteiger partial charge in [0.05, 0.1) is 11.0 Å². The van der Waals surface area contributed by atoms with Gasteiger partial charge in [0, 0.05) is 19.6 Å². The molecule has 0 aliphatic rings. The minimum absolute atomic E-state index is 0.194. The van der Waals surface area contributed by atoms with Gasteiger partial charge < -0.3 is 9.67 Å². The molecule has 0 spiro atoms. The molecule has 4 aromatic rings.